The molecule has 0 spiro atoms. The standard InChI is InChI=1S/C12H12O2S/c13-10(14)12-5-11(6-12,7-12)8-2-1-3-9(15)4-8/h1-4,15H,5-7H2,(H,13,14). The fraction of sp³-hybridized carbons (Fsp3) is 0.417. The van der Waals surface area contributed by atoms with Crippen molar-refractivity contribution in [3.05, 3.63) is 29.8 Å². The molecule has 0 saturated heterocycles. The minimum atomic E-state index is -0.619. The van der Waals surface area contributed by atoms with Gasteiger partial charge >= 0.3 is 5.97 Å². The van der Waals surface area contributed by atoms with Gasteiger partial charge in [-0.25, -0.2) is 0 Å². The van der Waals surface area contributed by atoms with E-state index in [2.05, 4.69) is 24.8 Å². The van der Waals surface area contributed by atoms with Gasteiger partial charge in [0.1, 0.15) is 0 Å². The highest BCUT2D eigenvalue weighted by Gasteiger charge is 2.72. The minimum Gasteiger partial charge on any atom is -0.481 e. The van der Waals surface area contributed by atoms with E-state index in [1.54, 1.807) is 0 Å². The molecular weight excluding hydrogens is 208 g/mol. The number of benzene rings is 1. The van der Waals surface area contributed by atoms with Crippen LogP contribution in [0.25, 0.3) is 0 Å². The first kappa shape index (κ1) is 9.28. The van der Waals surface area contributed by atoms with Crippen LogP contribution in [0.5, 0.6) is 0 Å². The van der Waals surface area contributed by atoms with Gasteiger partial charge in [0, 0.05) is 4.90 Å². The van der Waals surface area contributed by atoms with E-state index in [0.717, 1.165) is 24.2 Å². The summed E-state index contributed by atoms with van der Waals surface area (Å²) in [7, 11) is 0. The van der Waals surface area contributed by atoms with Crippen LogP contribution in [0.3, 0.4) is 0 Å². The Morgan fingerprint density at radius 1 is 1.33 bits per heavy atom. The molecule has 15 heavy (non-hydrogen) atoms. The number of aliphatic carboxylic acids is 1. The summed E-state index contributed by atoms with van der Waals surface area (Å²) in [6.45, 7) is 0. The smallest absolute Gasteiger partial charge is 0.309 e. The van der Waals surface area contributed by atoms with Crippen LogP contribution in [0.15, 0.2) is 29.2 Å². The predicted octanol–water partition coefficient (Wildman–Crippen LogP) is 2.48. The Morgan fingerprint density at radius 2 is 2.00 bits per heavy atom. The fourth-order valence-corrected chi connectivity index (χ4v) is 3.38. The summed E-state index contributed by atoms with van der Waals surface area (Å²) in [4.78, 5) is 11.9. The second-order valence-electron chi connectivity index (χ2n) is 4.95. The summed E-state index contributed by atoms with van der Waals surface area (Å²) in [5.74, 6) is -0.619. The monoisotopic (exact) mass is 220 g/mol. The molecule has 0 radical (unpaired) electrons. The van der Waals surface area contributed by atoms with Crippen LogP contribution in [0.4, 0.5) is 0 Å². The number of hydrogen-bond acceptors (Lipinski definition) is 2. The highest BCUT2D eigenvalue weighted by atomic mass is 32.1. The number of hydrogen-bond donors (Lipinski definition) is 2. The average molecular weight is 220 g/mol. The van der Waals surface area contributed by atoms with Crippen LogP contribution in [0.1, 0.15) is 24.8 Å². The van der Waals surface area contributed by atoms with Gasteiger partial charge in [-0.05, 0) is 42.4 Å². The molecule has 3 aliphatic rings. The van der Waals surface area contributed by atoms with Crippen molar-refractivity contribution in [2.75, 3.05) is 0 Å². The second-order valence-corrected chi connectivity index (χ2v) is 5.46. The summed E-state index contributed by atoms with van der Waals surface area (Å²) in [5, 5.41) is 9.03. The molecule has 3 heteroatoms. The lowest BCUT2D eigenvalue weighted by molar-refractivity contribution is -0.194. The van der Waals surface area contributed by atoms with Gasteiger partial charge in [-0.15, -0.1) is 12.6 Å². The molecule has 0 unspecified atom stereocenters. The molecule has 2 nitrogen and oxygen atoms in total. The van der Waals surface area contributed by atoms with Crippen molar-refractivity contribution in [1.82, 2.24) is 0 Å². The van der Waals surface area contributed by atoms with Crippen LogP contribution >= 0.6 is 12.6 Å². The van der Waals surface area contributed by atoms with Crippen molar-refractivity contribution >= 4 is 18.6 Å². The third-order valence-corrected chi connectivity index (χ3v) is 4.22. The van der Waals surface area contributed by atoms with E-state index in [-0.39, 0.29) is 10.8 Å². The van der Waals surface area contributed by atoms with Gasteiger partial charge in [-0.3, -0.25) is 4.79 Å². The van der Waals surface area contributed by atoms with Crippen molar-refractivity contribution in [2.45, 2.75) is 29.6 Å². The van der Waals surface area contributed by atoms with Gasteiger partial charge in [0.2, 0.25) is 0 Å². The van der Waals surface area contributed by atoms with E-state index < -0.39 is 5.97 Å². The first-order chi connectivity index (χ1) is 7.06. The molecule has 1 aromatic rings. The number of carbonyl (C=O) groups is 1. The summed E-state index contributed by atoms with van der Waals surface area (Å²) in [6.07, 6.45) is 2.44. The Labute approximate surface area is 93.7 Å². The second kappa shape index (κ2) is 2.59. The Bertz CT molecular complexity index is 433. The molecule has 78 valence electrons. The van der Waals surface area contributed by atoms with Gasteiger partial charge in [-0.2, -0.15) is 0 Å². The van der Waals surface area contributed by atoms with Gasteiger partial charge in [0.25, 0.3) is 0 Å². The van der Waals surface area contributed by atoms with Gasteiger partial charge in [0.05, 0.1) is 5.41 Å². The van der Waals surface area contributed by atoms with E-state index in [0.29, 0.717) is 0 Å². The molecule has 1 aromatic carbocycles. The molecule has 3 fully saturated rings. The van der Waals surface area contributed by atoms with Crippen LogP contribution in [-0.4, -0.2) is 11.1 Å². The quantitative estimate of drug-likeness (QED) is 0.751. The summed E-state index contributed by atoms with van der Waals surface area (Å²) in [5.41, 5.74) is 1.04. The molecule has 3 aliphatic carbocycles. The third kappa shape index (κ3) is 1.04. The molecule has 2 bridgehead atoms. The van der Waals surface area contributed by atoms with E-state index in [1.165, 1.54) is 5.56 Å². The number of thiol groups is 1. The molecule has 3 saturated carbocycles. The maximum Gasteiger partial charge on any atom is 0.309 e. The maximum absolute atomic E-state index is 11.0. The van der Waals surface area contributed by atoms with Crippen LogP contribution in [-0.2, 0) is 10.2 Å². The van der Waals surface area contributed by atoms with Crippen LogP contribution in [0.2, 0.25) is 0 Å². The van der Waals surface area contributed by atoms with E-state index >= 15 is 0 Å². The fourth-order valence-electron chi connectivity index (χ4n) is 3.16. The average Bonchev–Trinajstić information content (AvgIpc) is 1.97. The lowest BCUT2D eigenvalue weighted by atomic mass is 9.33. The van der Waals surface area contributed by atoms with Gasteiger partial charge in [-0.1, -0.05) is 12.1 Å². The molecule has 0 aromatic heterocycles. The highest BCUT2D eigenvalue weighted by Crippen LogP contribution is 2.73. The first-order valence-corrected chi connectivity index (χ1v) is 5.54. The molecule has 4 rings (SSSR count). The Balaban J connectivity index is 1.87. The predicted molar refractivity (Wildman–Crippen MR) is 59.3 cm³/mol. The number of carboxylic acid groups (broad SMARTS) is 1. The third-order valence-electron chi connectivity index (χ3n) is 3.94. The zero-order valence-electron chi connectivity index (χ0n) is 8.23. The topological polar surface area (TPSA) is 37.3 Å². The van der Waals surface area contributed by atoms with Crippen molar-refractivity contribution < 1.29 is 9.90 Å². The molecule has 0 heterocycles. The lowest BCUT2D eigenvalue weighted by Crippen LogP contribution is -2.67. The largest absolute Gasteiger partial charge is 0.481 e. The Morgan fingerprint density at radius 3 is 2.53 bits per heavy atom. The molecular formula is C12H12O2S. The normalized spacial score (nSPS) is 36.6. The molecule has 0 atom stereocenters. The van der Waals surface area contributed by atoms with Crippen molar-refractivity contribution in [1.29, 1.82) is 0 Å². The summed E-state index contributed by atoms with van der Waals surface area (Å²) < 4.78 is 0. The zero-order valence-corrected chi connectivity index (χ0v) is 9.13. The van der Waals surface area contributed by atoms with E-state index in [9.17, 15) is 4.79 Å². The van der Waals surface area contributed by atoms with Crippen LogP contribution < -0.4 is 0 Å². The minimum absolute atomic E-state index is 0.164. The summed E-state index contributed by atoms with van der Waals surface area (Å²) >= 11 is 4.31. The van der Waals surface area contributed by atoms with Crippen molar-refractivity contribution in [2.24, 2.45) is 5.41 Å². The zero-order chi connectivity index (χ0) is 10.7. The summed E-state index contributed by atoms with van der Waals surface area (Å²) in [6, 6.07) is 8.09. The Kier molecular flexibility index (Phi) is 1.60. The highest BCUT2D eigenvalue weighted by molar-refractivity contribution is 7.80. The van der Waals surface area contributed by atoms with Crippen LogP contribution in [0, 0.1) is 5.41 Å². The lowest BCUT2D eigenvalue weighted by Gasteiger charge is -2.68. The number of carboxylic acids is 1. The van der Waals surface area contributed by atoms with E-state index in [1.807, 2.05) is 12.1 Å². The SMILES string of the molecule is O=C(O)C12CC(c3cccc(S)c3)(C1)C2. The maximum atomic E-state index is 11.0. The first-order valence-electron chi connectivity index (χ1n) is 5.09. The van der Waals surface area contributed by atoms with Gasteiger partial charge in [0.15, 0.2) is 0 Å². The van der Waals surface area contributed by atoms with Crippen molar-refractivity contribution in [3.8, 4) is 0 Å². The number of rotatable bonds is 2. The molecule has 1 N–H and O–H groups in total. The van der Waals surface area contributed by atoms with Gasteiger partial charge < -0.3 is 5.11 Å². The van der Waals surface area contributed by atoms with Crippen molar-refractivity contribution in [3.63, 3.8) is 0 Å². The Hall–Kier alpha value is -0.960. The van der Waals surface area contributed by atoms with E-state index in [4.69, 9.17) is 5.11 Å². The molecule has 0 amide bonds. The molecule has 0 aliphatic heterocycles.